The number of rotatable bonds is 8. The Balaban J connectivity index is 2.31. The molecule has 0 amide bonds. The molecule has 0 bridgehead atoms. The highest BCUT2D eigenvalue weighted by molar-refractivity contribution is 9.10. The molecule has 0 spiro atoms. The summed E-state index contributed by atoms with van der Waals surface area (Å²) in [5.74, 6) is 0.210. The molecule has 146 valence electrons. The minimum atomic E-state index is -3.75. The number of ether oxygens (including phenoxy) is 2. The topological polar surface area (TPSA) is 72.9 Å². The van der Waals surface area contributed by atoms with Gasteiger partial charge in [-0.15, -0.1) is 0 Å². The summed E-state index contributed by atoms with van der Waals surface area (Å²) in [7, 11) is -2.18. The van der Waals surface area contributed by atoms with Crippen LogP contribution in [0.4, 0.5) is 0 Å². The van der Waals surface area contributed by atoms with Gasteiger partial charge in [-0.05, 0) is 52.7 Å². The molecule has 0 unspecified atom stereocenters. The lowest BCUT2D eigenvalue weighted by Crippen LogP contribution is -2.34. The van der Waals surface area contributed by atoms with Crippen LogP contribution in [0.1, 0.15) is 18.1 Å². The van der Waals surface area contributed by atoms with Crippen molar-refractivity contribution in [3.63, 3.8) is 0 Å². The van der Waals surface area contributed by atoms with Crippen LogP contribution in [0.2, 0.25) is 0 Å². The van der Waals surface area contributed by atoms with Crippen LogP contribution in [0.15, 0.2) is 51.8 Å². The maximum Gasteiger partial charge on any atom is 0.302 e. The summed E-state index contributed by atoms with van der Waals surface area (Å²) in [4.78, 5) is 11.2. The Labute approximate surface area is 168 Å². The molecule has 0 N–H and O–H groups in total. The van der Waals surface area contributed by atoms with Gasteiger partial charge in [0.1, 0.15) is 12.4 Å². The number of esters is 1. The van der Waals surface area contributed by atoms with E-state index in [1.165, 1.54) is 11.2 Å². The minimum absolute atomic E-state index is 0.0161. The van der Waals surface area contributed by atoms with E-state index < -0.39 is 16.0 Å². The Morgan fingerprint density at radius 3 is 2.37 bits per heavy atom. The highest BCUT2D eigenvalue weighted by Crippen LogP contribution is 2.27. The average Bonchev–Trinajstić information content (AvgIpc) is 2.61. The first-order valence-electron chi connectivity index (χ1n) is 8.26. The third-order valence-electron chi connectivity index (χ3n) is 3.88. The van der Waals surface area contributed by atoms with Gasteiger partial charge in [-0.25, -0.2) is 8.42 Å². The average molecular weight is 456 g/mol. The van der Waals surface area contributed by atoms with Gasteiger partial charge in [-0.1, -0.05) is 23.8 Å². The summed E-state index contributed by atoms with van der Waals surface area (Å²) >= 11 is 3.41. The van der Waals surface area contributed by atoms with E-state index in [2.05, 4.69) is 15.9 Å². The zero-order valence-corrected chi connectivity index (χ0v) is 17.8. The number of hydrogen-bond donors (Lipinski definition) is 0. The number of sulfonamides is 1. The Morgan fingerprint density at radius 2 is 1.81 bits per heavy atom. The zero-order chi connectivity index (χ0) is 20.0. The molecule has 2 aromatic carbocycles. The number of hydrogen-bond acceptors (Lipinski definition) is 5. The number of benzene rings is 2. The number of carbonyl (C=O) groups excluding carboxylic acids is 1. The maximum atomic E-state index is 13.1. The molecule has 0 aliphatic carbocycles. The molecule has 0 aliphatic heterocycles. The quantitative estimate of drug-likeness (QED) is 0.569. The highest BCUT2D eigenvalue weighted by Gasteiger charge is 2.25. The molecule has 0 heterocycles. The van der Waals surface area contributed by atoms with Crippen LogP contribution in [-0.2, 0) is 26.1 Å². The van der Waals surface area contributed by atoms with Crippen LogP contribution < -0.4 is 4.74 Å². The highest BCUT2D eigenvalue weighted by atomic mass is 79.9. The van der Waals surface area contributed by atoms with Crippen molar-refractivity contribution in [1.29, 1.82) is 0 Å². The number of nitrogens with zero attached hydrogens (tertiary/aromatic N) is 1. The molecule has 2 rings (SSSR count). The maximum absolute atomic E-state index is 13.1. The monoisotopic (exact) mass is 455 g/mol. The van der Waals surface area contributed by atoms with Crippen molar-refractivity contribution in [2.24, 2.45) is 0 Å². The predicted molar refractivity (Wildman–Crippen MR) is 106 cm³/mol. The molecule has 0 aliphatic rings. The van der Waals surface area contributed by atoms with Crippen LogP contribution in [0, 0.1) is 6.92 Å². The SMILES string of the molecule is COc1ccc(CN(CCOC(C)=O)S(=O)(=O)c2ccc(C)cc2)cc1Br. The summed E-state index contributed by atoms with van der Waals surface area (Å²) in [6, 6.07) is 12.0. The molecule has 8 heteroatoms. The van der Waals surface area contributed by atoms with Crippen LogP contribution in [0.25, 0.3) is 0 Å². The molecule has 2 aromatic rings. The van der Waals surface area contributed by atoms with E-state index in [-0.39, 0.29) is 24.6 Å². The van der Waals surface area contributed by atoms with Crippen molar-refractivity contribution < 1.29 is 22.7 Å². The fraction of sp³-hybridized carbons (Fsp3) is 0.316. The van der Waals surface area contributed by atoms with Crippen LogP contribution in [0.5, 0.6) is 5.75 Å². The van der Waals surface area contributed by atoms with Crippen LogP contribution >= 0.6 is 15.9 Å². The standard InChI is InChI=1S/C19H22BrNO5S/c1-14-4-7-17(8-5-14)27(23,24)21(10-11-26-15(2)22)13-16-6-9-19(25-3)18(20)12-16/h4-9,12H,10-11,13H2,1-3H3. The third-order valence-corrected chi connectivity index (χ3v) is 6.36. The summed E-state index contributed by atoms with van der Waals surface area (Å²) in [6.45, 7) is 3.36. The summed E-state index contributed by atoms with van der Waals surface area (Å²) in [6.07, 6.45) is 0. The minimum Gasteiger partial charge on any atom is -0.496 e. The van der Waals surface area contributed by atoms with Gasteiger partial charge in [-0.3, -0.25) is 4.79 Å². The van der Waals surface area contributed by atoms with Gasteiger partial charge in [-0.2, -0.15) is 4.31 Å². The third kappa shape index (κ3) is 5.79. The van der Waals surface area contributed by atoms with Crippen LogP contribution in [-0.4, -0.2) is 39.0 Å². The van der Waals surface area contributed by atoms with Crippen molar-refractivity contribution in [1.82, 2.24) is 4.31 Å². The van der Waals surface area contributed by atoms with Gasteiger partial charge in [0.15, 0.2) is 0 Å². The second-order valence-electron chi connectivity index (χ2n) is 5.96. The van der Waals surface area contributed by atoms with Crippen molar-refractivity contribution in [2.75, 3.05) is 20.3 Å². The molecule has 0 saturated carbocycles. The Kier molecular flexibility index (Phi) is 7.41. The van der Waals surface area contributed by atoms with E-state index in [0.717, 1.165) is 15.6 Å². The van der Waals surface area contributed by atoms with Crippen molar-refractivity contribution in [2.45, 2.75) is 25.3 Å². The van der Waals surface area contributed by atoms with Gasteiger partial charge >= 0.3 is 5.97 Å². The van der Waals surface area contributed by atoms with Gasteiger partial charge in [0.05, 0.1) is 16.5 Å². The second-order valence-corrected chi connectivity index (χ2v) is 8.75. The van der Waals surface area contributed by atoms with Crippen molar-refractivity contribution >= 4 is 31.9 Å². The normalized spacial score (nSPS) is 11.4. The molecule has 0 aromatic heterocycles. The second kappa shape index (κ2) is 9.34. The Morgan fingerprint density at radius 1 is 1.15 bits per heavy atom. The number of halogens is 1. The Hall–Kier alpha value is -1.90. The van der Waals surface area contributed by atoms with E-state index in [1.54, 1.807) is 43.5 Å². The van der Waals surface area contributed by atoms with Crippen molar-refractivity contribution in [3.05, 3.63) is 58.1 Å². The van der Waals surface area contributed by atoms with Crippen molar-refractivity contribution in [3.8, 4) is 5.75 Å². The lowest BCUT2D eigenvalue weighted by atomic mass is 10.2. The molecule has 6 nitrogen and oxygen atoms in total. The fourth-order valence-corrected chi connectivity index (χ4v) is 4.45. The van der Waals surface area contributed by atoms with Gasteiger partial charge in [0, 0.05) is 20.0 Å². The summed E-state index contributed by atoms with van der Waals surface area (Å²) < 4.78 is 38.3. The molecule has 0 atom stereocenters. The molecular formula is C19H22BrNO5S. The van der Waals surface area contributed by atoms with E-state index >= 15 is 0 Å². The number of aryl methyl sites for hydroxylation is 1. The van der Waals surface area contributed by atoms with E-state index in [1.807, 2.05) is 13.0 Å². The molecular weight excluding hydrogens is 434 g/mol. The Bertz CT molecular complexity index is 897. The number of carbonyl (C=O) groups is 1. The molecule has 0 fully saturated rings. The first kappa shape index (κ1) is 21.4. The predicted octanol–water partition coefficient (Wildman–Crippen LogP) is 3.52. The van der Waals surface area contributed by atoms with Gasteiger partial charge in [0.25, 0.3) is 0 Å². The zero-order valence-electron chi connectivity index (χ0n) is 15.4. The van der Waals surface area contributed by atoms with Gasteiger partial charge < -0.3 is 9.47 Å². The first-order valence-corrected chi connectivity index (χ1v) is 10.5. The fourth-order valence-electron chi connectivity index (χ4n) is 2.45. The lowest BCUT2D eigenvalue weighted by molar-refractivity contribution is -0.141. The van der Waals surface area contributed by atoms with Crippen LogP contribution in [0.3, 0.4) is 0 Å². The summed E-state index contributed by atoms with van der Waals surface area (Å²) in [5.41, 5.74) is 1.75. The number of methoxy groups -OCH3 is 1. The van der Waals surface area contributed by atoms with Gasteiger partial charge in [0.2, 0.25) is 10.0 Å². The first-order chi connectivity index (χ1) is 12.7. The smallest absolute Gasteiger partial charge is 0.302 e. The molecule has 0 saturated heterocycles. The lowest BCUT2D eigenvalue weighted by Gasteiger charge is -2.22. The summed E-state index contributed by atoms with van der Waals surface area (Å²) in [5, 5.41) is 0. The molecule has 27 heavy (non-hydrogen) atoms. The van der Waals surface area contributed by atoms with E-state index in [0.29, 0.717) is 5.75 Å². The van der Waals surface area contributed by atoms with E-state index in [4.69, 9.17) is 9.47 Å². The van der Waals surface area contributed by atoms with E-state index in [9.17, 15) is 13.2 Å². The largest absolute Gasteiger partial charge is 0.496 e. The molecule has 0 radical (unpaired) electrons.